The monoisotopic (exact) mass is 290 g/mol. The van der Waals surface area contributed by atoms with Crippen molar-refractivity contribution in [3.8, 4) is 0 Å². The second-order valence-corrected chi connectivity index (χ2v) is 5.48. The normalized spacial score (nSPS) is 10.7. The molecule has 20 heavy (non-hydrogen) atoms. The summed E-state index contributed by atoms with van der Waals surface area (Å²) in [5.74, 6) is 2.28. The maximum Gasteiger partial charge on any atom is 0.136 e. The first kappa shape index (κ1) is 14.6. The molecule has 0 amide bonds. The van der Waals surface area contributed by atoms with Gasteiger partial charge in [-0.2, -0.15) is 0 Å². The van der Waals surface area contributed by atoms with Crippen molar-refractivity contribution in [1.29, 1.82) is 0 Å². The Morgan fingerprint density at radius 2 is 1.75 bits per heavy atom. The second kappa shape index (κ2) is 6.09. The predicted molar refractivity (Wildman–Crippen MR) is 85.0 cm³/mol. The van der Waals surface area contributed by atoms with Gasteiger partial charge in [-0.15, -0.1) is 0 Å². The molecule has 106 valence electrons. The van der Waals surface area contributed by atoms with Crippen LogP contribution in [0.25, 0.3) is 0 Å². The Morgan fingerprint density at radius 3 is 2.40 bits per heavy atom. The highest BCUT2D eigenvalue weighted by Gasteiger charge is 2.04. The van der Waals surface area contributed by atoms with Crippen LogP contribution in [0.3, 0.4) is 0 Å². The van der Waals surface area contributed by atoms with Crippen molar-refractivity contribution in [3.05, 3.63) is 40.7 Å². The zero-order valence-electron chi connectivity index (χ0n) is 12.2. The van der Waals surface area contributed by atoms with Crippen molar-refractivity contribution in [2.45, 2.75) is 33.7 Å². The topological polar surface area (TPSA) is 49.8 Å². The fraction of sp³-hybridized carbons (Fsp3) is 0.333. The summed E-state index contributed by atoms with van der Waals surface area (Å²) >= 11 is 6.13. The van der Waals surface area contributed by atoms with Crippen LogP contribution in [0.1, 0.15) is 25.2 Å². The summed E-state index contributed by atoms with van der Waals surface area (Å²) in [6.45, 7) is 8.00. The molecule has 0 aliphatic heterocycles. The molecule has 2 N–H and O–H groups in total. The first-order chi connectivity index (χ1) is 9.44. The molecule has 2 aromatic rings. The maximum atomic E-state index is 6.13. The fourth-order valence-electron chi connectivity index (χ4n) is 1.82. The lowest BCUT2D eigenvalue weighted by Gasteiger charge is -2.12. The summed E-state index contributed by atoms with van der Waals surface area (Å²) < 4.78 is 0. The predicted octanol–water partition coefficient (Wildman–Crippen LogP) is 4.31. The van der Waals surface area contributed by atoms with E-state index in [1.807, 2.05) is 38.1 Å². The molecule has 1 aromatic carbocycles. The van der Waals surface area contributed by atoms with E-state index in [-0.39, 0.29) is 0 Å². The minimum atomic E-state index is 0.325. The Labute approximate surface area is 124 Å². The maximum absolute atomic E-state index is 6.13. The molecule has 5 heteroatoms. The summed E-state index contributed by atoms with van der Waals surface area (Å²) in [4.78, 5) is 8.74. The van der Waals surface area contributed by atoms with Crippen LogP contribution >= 0.6 is 11.6 Å². The van der Waals surface area contributed by atoms with Crippen LogP contribution in [0.5, 0.6) is 0 Å². The summed E-state index contributed by atoms with van der Waals surface area (Å²) in [5.41, 5.74) is 1.97. The lowest BCUT2D eigenvalue weighted by atomic mass is 10.2. The number of aryl methyl sites for hydroxylation is 2. The lowest BCUT2D eigenvalue weighted by Crippen LogP contribution is -2.12. The number of hydrogen-bond donors (Lipinski definition) is 2. The van der Waals surface area contributed by atoms with Crippen molar-refractivity contribution in [3.63, 3.8) is 0 Å². The number of nitrogens with one attached hydrogen (secondary N) is 2. The zero-order valence-corrected chi connectivity index (χ0v) is 12.9. The molecule has 0 bridgehead atoms. The van der Waals surface area contributed by atoms with Gasteiger partial charge in [0.15, 0.2) is 0 Å². The van der Waals surface area contributed by atoms with Crippen LogP contribution in [0.2, 0.25) is 5.02 Å². The van der Waals surface area contributed by atoms with Gasteiger partial charge < -0.3 is 10.6 Å². The summed E-state index contributed by atoms with van der Waals surface area (Å²) in [6.07, 6.45) is 0. The summed E-state index contributed by atoms with van der Waals surface area (Å²) in [6, 6.07) is 8.07. The number of anilines is 3. The standard InChI is InChI=1S/C15H19ClN4/c1-9(2)17-14-8-15(19-11(4)18-14)20-12-6-5-10(3)13(16)7-12/h5-9H,1-4H3,(H2,17,18,19,20). The Bertz CT molecular complexity index is 611. The average Bonchev–Trinajstić information content (AvgIpc) is 2.32. The second-order valence-electron chi connectivity index (χ2n) is 5.07. The fourth-order valence-corrected chi connectivity index (χ4v) is 2.00. The van der Waals surface area contributed by atoms with Gasteiger partial charge in [0.05, 0.1) is 0 Å². The van der Waals surface area contributed by atoms with Crippen molar-refractivity contribution >= 4 is 28.9 Å². The molecule has 0 atom stereocenters. The van der Waals surface area contributed by atoms with Gasteiger partial charge in [-0.3, -0.25) is 0 Å². The van der Waals surface area contributed by atoms with E-state index in [1.54, 1.807) is 0 Å². The molecule has 4 nitrogen and oxygen atoms in total. The zero-order chi connectivity index (χ0) is 14.7. The van der Waals surface area contributed by atoms with Crippen molar-refractivity contribution in [2.24, 2.45) is 0 Å². The van der Waals surface area contributed by atoms with E-state index < -0.39 is 0 Å². The molecule has 0 radical (unpaired) electrons. The first-order valence-electron chi connectivity index (χ1n) is 6.59. The van der Waals surface area contributed by atoms with Crippen LogP contribution in [0.15, 0.2) is 24.3 Å². The molecule has 0 unspecified atom stereocenters. The van der Waals surface area contributed by atoms with E-state index in [2.05, 4.69) is 34.4 Å². The van der Waals surface area contributed by atoms with Gasteiger partial charge in [-0.25, -0.2) is 9.97 Å². The third-order valence-corrected chi connectivity index (χ3v) is 3.13. The van der Waals surface area contributed by atoms with Crippen molar-refractivity contribution < 1.29 is 0 Å². The lowest BCUT2D eigenvalue weighted by molar-refractivity contribution is 0.881. The quantitative estimate of drug-likeness (QED) is 0.881. The summed E-state index contributed by atoms with van der Waals surface area (Å²) in [5, 5.41) is 7.26. The van der Waals surface area contributed by atoms with E-state index >= 15 is 0 Å². The smallest absolute Gasteiger partial charge is 0.136 e. The molecular weight excluding hydrogens is 272 g/mol. The Kier molecular flexibility index (Phi) is 4.45. The van der Waals surface area contributed by atoms with Gasteiger partial charge in [-0.05, 0) is 45.4 Å². The summed E-state index contributed by atoms with van der Waals surface area (Å²) in [7, 11) is 0. The van der Waals surface area contributed by atoms with E-state index in [9.17, 15) is 0 Å². The number of nitrogens with zero attached hydrogens (tertiary/aromatic N) is 2. The molecule has 1 heterocycles. The van der Waals surface area contributed by atoms with Crippen LogP contribution in [0, 0.1) is 13.8 Å². The molecule has 0 fully saturated rings. The first-order valence-corrected chi connectivity index (χ1v) is 6.97. The third-order valence-electron chi connectivity index (χ3n) is 2.72. The Hall–Kier alpha value is -1.81. The highest BCUT2D eigenvalue weighted by atomic mass is 35.5. The van der Waals surface area contributed by atoms with Gasteiger partial charge in [0.1, 0.15) is 17.5 Å². The van der Waals surface area contributed by atoms with Crippen molar-refractivity contribution in [1.82, 2.24) is 9.97 Å². The van der Waals surface area contributed by atoms with Gasteiger partial charge in [0.2, 0.25) is 0 Å². The van der Waals surface area contributed by atoms with Crippen LogP contribution in [-0.4, -0.2) is 16.0 Å². The van der Waals surface area contributed by atoms with E-state index in [4.69, 9.17) is 11.6 Å². The minimum absolute atomic E-state index is 0.325. The number of aromatic nitrogens is 2. The molecule has 0 saturated heterocycles. The molecule has 0 aliphatic carbocycles. The average molecular weight is 291 g/mol. The van der Waals surface area contributed by atoms with Gasteiger partial charge in [0, 0.05) is 22.8 Å². The molecule has 1 aromatic heterocycles. The van der Waals surface area contributed by atoms with Gasteiger partial charge in [0.25, 0.3) is 0 Å². The minimum Gasteiger partial charge on any atom is -0.368 e. The van der Waals surface area contributed by atoms with E-state index in [0.717, 1.165) is 33.7 Å². The molecule has 0 aliphatic rings. The van der Waals surface area contributed by atoms with E-state index in [0.29, 0.717) is 6.04 Å². The molecular formula is C15H19ClN4. The number of halogens is 1. The van der Waals surface area contributed by atoms with Crippen LogP contribution in [-0.2, 0) is 0 Å². The molecule has 2 rings (SSSR count). The van der Waals surface area contributed by atoms with Gasteiger partial charge >= 0.3 is 0 Å². The highest BCUT2D eigenvalue weighted by Crippen LogP contribution is 2.23. The van der Waals surface area contributed by atoms with E-state index in [1.165, 1.54) is 0 Å². The molecule has 0 saturated carbocycles. The number of hydrogen-bond acceptors (Lipinski definition) is 4. The number of benzene rings is 1. The highest BCUT2D eigenvalue weighted by molar-refractivity contribution is 6.31. The largest absolute Gasteiger partial charge is 0.368 e. The van der Waals surface area contributed by atoms with Crippen LogP contribution < -0.4 is 10.6 Å². The number of rotatable bonds is 4. The SMILES string of the molecule is Cc1nc(Nc2ccc(C)c(Cl)c2)cc(NC(C)C)n1. The third kappa shape index (κ3) is 3.84. The molecule has 0 spiro atoms. The van der Waals surface area contributed by atoms with Crippen molar-refractivity contribution in [2.75, 3.05) is 10.6 Å². The van der Waals surface area contributed by atoms with Crippen LogP contribution in [0.4, 0.5) is 17.3 Å². The Morgan fingerprint density at radius 1 is 1.05 bits per heavy atom. The van der Waals surface area contributed by atoms with Gasteiger partial charge in [-0.1, -0.05) is 17.7 Å². The Balaban J connectivity index is 2.24.